The van der Waals surface area contributed by atoms with Crippen LogP contribution in [0.25, 0.3) is 0 Å². The van der Waals surface area contributed by atoms with Crippen LogP contribution in [-0.2, 0) is 0 Å². The second-order valence-electron chi connectivity index (χ2n) is 9.65. The molecule has 1 nitrogen and oxygen atoms in total. The van der Waals surface area contributed by atoms with E-state index >= 15 is 0 Å². The Morgan fingerprint density at radius 2 is 1.86 bits per heavy atom. The fraction of sp³-hybridized carbons (Fsp3) is 0.900. The molecule has 1 N–H and O–H groups in total. The molecule has 0 aromatic heterocycles. The predicted molar refractivity (Wildman–Crippen MR) is 89.2 cm³/mol. The van der Waals surface area contributed by atoms with Crippen LogP contribution in [0.5, 0.6) is 0 Å². The van der Waals surface area contributed by atoms with Crippen molar-refractivity contribution in [3.8, 4) is 0 Å². The summed E-state index contributed by atoms with van der Waals surface area (Å²) in [5, 5.41) is 3.95. The molecule has 0 amide bonds. The minimum Gasteiger partial charge on any atom is -0.310 e. The van der Waals surface area contributed by atoms with Crippen LogP contribution in [0.2, 0.25) is 0 Å². The van der Waals surface area contributed by atoms with Crippen LogP contribution < -0.4 is 5.32 Å². The molecule has 0 aromatic carbocycles. The van der Waals surface area contributed by atoms with Crippen molar-refractivity contribution in [2.24, 2.45) is 22.2 Å². The monoisotopic (exact) mass is 287 g/mol. The molecular formula is C20H33N. The maximum atomic E-state index is 3.95. The molecule has 0 radical (unpaired) electrons. The van der Waals surface area contributed by atoms with E-state index in [1.165, 1.54) is 57.8 Å². The largest absolute Gasteiger partial charge is 0.310 e. The molecule has 0 saturated heterocycles. The van der Waals surface area contributed by atoms with Gasteiger partial charge in [-0.2, -0.15) is 0 Å². The predicted octanol–water partition coefficient (Wildman–Crippen LogP) is 5.07. The summed E-state index contributed by atoms with van der Waals surface area (Å²) in [6.45, 7) is 8.64. The zero-order valence-corrected chi connectivity index (χ0v) is 14.3. The third-order valence-electron chi connectivity index (χ3n) is 7.14. The van der Waals surface area contributed by atoms with Crippen LogP contribution in [0.15, 0.2) is 11.6 Å². The van der Waals surface area contributed by atoms with E-state index < -0.39 is 0 Å². The van der Waals surface area contributed by atoms with Crippen LogP contribution in [0.1, 0.15) is 78.6 Å². The zero-order chi connectivity index (χ0) is 14.7. The van der Waals surface area contributed by atoms with Gasteiger partial charge in [-0.15, -0.1) is 0 Å². The lowest BCUT2D eigenvalue weighted by Crippen LogP contribution is -2.61. The fourth-order valence-corrected chi connectivity index (χ4v) is 7.76. The molecule has 0 aromatic rings. The third-order valence-corrected chi connectivity index (χ3v) is 7.14. The first-order valence-corrected chi connectivity index (χ1v) is 9.38. The van der Waals surface area contributed by atoms with Gasteiger partial charge in [0, 0.05) is 6.04 Å². The van der Waals surface area contributed by atoms with Gasteiger partial charge in [-0.1, -0.05) is 32.4 Å². The van der Waals surface area contributed by atoms with Gasteiger partial charge in [0.1, 0.15) is 0 Å². The van der Waals surface area contributed by atoms with Crippen molar-refractivity contribution in [1.29, 1.82) is 0 Å². The van der Waals surface area contributed by atoms with E-state index in [-0.39, 0.29) is 0 Å². The van der Waals surface area contributed by atoms with Crippen LogP contribution >= 0.6 is 0 Å². The molecule has 0 aliphatic heterocycles. The maximum absolute atomic E-state index is 3.95. The summed E-state index contributed by atoms with van der Waals surface area (Å²) in [6.07, 6.45) is 15.7. The molecule has 3 unspecified atom stereocenters. The van der Waals surface area contributed by atoms with Crippen molar-refractivity contribution < 1.29 is 0 Å². The number of nitrogens with one attached hydrogen (secondary N) is 1. The van der Waals surface area contributed by atoms with Gasteiger partial charge in [-0.05, 0) is 86.5 Å². The lowest BCUT2D eigenvalue weighted by molar-refractivity contribution is -0.153. The number of rotatable bonds is 4. The SMILES string of the molecule is CCNC(C1=CCCC1)C12CC3CC(C)(CC(C)(C3)C1)C2. The van der Waals surface area contributed by atoms with E-state index in [1.807, 2.05) is 0 Å². The molecule has 5 aliphatic rings. The van der Waals surface area contributed by atoms with Crippen LogP contribution in [0, 0.1) is 22.2 Å². The van der Waals surface area contributed by atoms with Crippen molar-refractivity contribution in [2.45, 2.75) is 84.6 Å². The fourth-order valence-electron chi connectivity index (χ4n) is 7.76. The second kappa shape index (κ2) is 4.60. The molecule has 5 rings (SSSR count). The molecule has 5 aliphatic carbocycles. The molecule has 3 atom stereocenters. The Kier molecular flexibility index (Phi) is 3.13. The van der Waals surface area contributed by atoms with Crippen molar-refractivity contribution in [1.82, 2.24) is 5.32 Å². The highest BCUT2D eigenvalue weighted by atomic mass is 14.9. The summed E-state index contributed by atoms with van der Waals surface area (Å²) in [5.74, 6) is 1.01. The molecule has 0 spiro atoms. The number of likely N-dealkylation sites (N-methyl/N-ethyl adjacent to an activating group) is 1. The average molecular weight is 287 g/mol. The van der Waals surface area contributed by atoms with Gasteiger partial charge >= 0.3 is 0 Å². The summed E-state index contributed by atoms with van der Waals surface area (Å²) in [5.41, 5.74) is 3.63. The van der Waals surface area contributed by atoms with Gasteiger partial charge in [0.15, 0.2) is 0 Å². The highest BCUT2D eigenvalue weighted by Crippen LogP contribution is 2.71. The van der Waals surface area contributed by atoms with Gasteiger partial charge < -0.3 is 5.32 Å². The molecule has 4 saturated carbocycles. The van der Waals surface area contributed by atoms with Gasteiger partial charge in [0.05, 0.1) is 0 Å². The Morgan fingerprint density at radius 3 is 2.38 bits per heavy atom. The Morgan fingerprint density at radius 1 is 1.14 bits per heavy atom. The summed E-state index contributed by atoms with van der Waals surface area (Å²) in [4.78, 5) is 0. The molecule has 1 heteroatoms. The van der Waals surface area contributed by atoms with Gasteiger partial charge in [-0.3, -0.25) is 0 Å². The van der Waals surface area contributed by atoms with Gasteiger partial charge in [-0.25, -0.2) is 0 Å². The molecule has 21 heavy (non-hydrogen) atoms. The van der Waals surface area contributed by atoms with E-state index in [0.717, 1.165) is 12.5 Å². The topological polar surface area (TPSA) is 12.0 Å². The average Bonchev–Trinajstić information content (AvgIpc) is 2.84. The summed E-state index contributed by atoms with van der Waals surface area (Å²) in [7, 11) is 0. The molecule has 118 valence electrons. The summed E-state index contributed by atoms with van der Waals surface area (Å²) in [6, 6.07) is 0.687. The Labute approximate surface area is 131 Å². The van der Waals surface area contributed by atoms with E-state index in [0.29, 0.717) is 22.3 Å². The van der Waals surface area contributed by atoms with Crippen molar-refractivity contribution >= 4 is 0 Å². The van der Waals surface area contributed by atoms with Crippen molar-refractivity contribution in [3.05, 3.63) is 11.6 Å². The highest BCUT2D eigenvalue weighted by Gasteiger charge is 2.62. The molecule has 4 bridgehead atoms. The van der Waals surface area contributed by atoms with E-state index in [4.69, 9.17) is 0 Å². The number of hydrogen-bond donors (Lipinski definition) is 1. The van der Waals surface area contributed by atoms with Gasteiger partial charge in [0.25, 0.3) is 0 Å². The first kappa shape index (κ1) is 14.3. The van der Waals surface area contributed by atoms with Crippen molar-refractivity contribution in [3.63, 3.8) is 0 Å². The molecular weight excluding hydrogens is 254 g/mol. The molecule has 0 heterocycles. The van der Waals surface area contributed by atoms with E-state index in [1.54, 1.807) is 5.57 Å². The van der Waals surface area contributed by atoms with Crippen LogP contribution in [0.3, 0.4) is 0 Å². The zero-order valence-electron chi connectivity index (χ0n) is 14.3. The smallest absolute Gasteiger partial charge is 0.0336 e. The van der Waals surface area contributed by atoms with Crippen LogP contribution in [-0.4, -0.2) is 12.6 Å². The Balaban J connectivity index is 1.71. The Hall–Kier alpha value is -0.300. The highest BCUT2D eigenvalue weighted by molar-refractivity contribution is 5.24. The third kappa shape index (κ3) is 2.22. The standard InChI is InChI=1S/C20H33N/c1-4-21-17(16-7-5-6-8-16)20-11-15-9-18(2,13-20)12-19(3,10-15)14-20/h7,15,17,21H,4-6,8-14H2,1-3H3. The Bertz CT molecular complexity index is 444. The first-order chi connectivity index (χ1) is 9.96. The summed E-state index contributed by atoms with van der Waals surface area (Å²) >= 11 is 0. The van der Waals surface area contributed by atoms with Crippen LogP contribution in [0.4, 0.5) is 0 Å². The van der Waals surface area contributed by atoms with Gasteiger partial charge in [0.2, 0.25) is 0 Å². The van der Waals surface area contributed by atoms with Crippen molar-refractivity contribution in [2.75, 3.05) is 6.54 Å². The minimum atomic E-state index is 0.578. The second-order valence-corrected chi connectivity index (χ2v) is 9.65. The maximum Gasteiger partial charge on any atom is 0.0336 e. The minimum absolute atomic E-state index is 0.578. The number of allylic oxidation sites excluding steroid dienone is 1. The van der Waals surface area contributed by atoms with E-state index in [9.17, 15) is 0 Å². The quantitative estimate of drug-likeness (QED) is 0.712. The van der Waals surface area contributed by atoms with E-state index in [2.05, 4.69) is 32.2 Å². The molecule has 4 fully saturated rings. The lowest BCUT2D eigenvalue weighted by atomic mass is 9.38. The number of hydrogen-bond acceptors (Lipinski definition) is 1. The lowest BCUT2D eigenvalue weighted by Gasteiger charge is -2.67. The first-order valence-electron chi connectivity index (χ1n) is 9.38. The summed E-state index contributed by atoms with van der Waals surface area (Å²) < 4.78 is 0. The normalized spacial score (nSPS) is 49.5.